The van der Waals surface area contributed by atoms with Crippen LogP contribution in [0.5, 0.6) is 11.5 Å². The summed E-state index contributed by atoms with van der Waals surface area (Å²) in [6.45, 7) is 0.251. The fourth-order valence-electron chi connectivity index (χ4n) is 1.96. The quantitative estimate of drug-likeness (QED) is 0.319. The van der Waals surface area contributed by atoms with Crippen LogP contribution in [-0.4, -0.2) is 36.8 Å². The summed E-state index contributed by atoms with van der Waals surface area (Å²) in [6, 6.07) is 13.9. The average molecular weight is 362 g/mol. The van der Waals surface area contributed by atoms with E-state index in [-0.39, 0.29) is 24.0 Å². The monoisotopic (exact) mass is 362 g/mol. The van der Waals surface area contributed by atoms with Crippen LogP contribution in [0.2, 0.25) is 0 Å². The number of rotatable bonds is 9. The van der Waals surface area contributed by atoms with E-state index in [0.29, 0.717) is 12.3 Å². The Labute approximate surface area is 149 Å². The summed E-state index contributed by atoms with van der Waals surface area (Å²) in [5, 5.41) is 13.5. The third kappa shape index (κ3) is 6.00. The van der Waals surface area contributed by atoms with E-state index in [2.05, 4.69) is 5.32 Å². The molecule has 132 valence electrons. The Balaban J connectivity index is 1.77. The van der Waals surface area contributed by atoms with E-state index >= 15 is 0 Å². The first-order chi connectivity index (χ1) is 12.1. The standard InChI is InChI=1S/C17H18N2O5S/c1-23-15-8-7-13(19(21)22)11-16(15)24-12-17(20)18-9-10-25-14-5-3-2-4-6-14/h2-8,11H,9-10,12H2,1H3,(H,18,20). The second-order valence-corrected chi connectivity index (χ2v) is 6.06. The van der Waals surface area contributed by atoms with E-state index in [0.717, 1.165) is 10.6 Å². The van der Waals surface area contributed by atoms with Gasteiger partial charge in [0.15, 0.2) is 18.1 Å². The van der Waals surface area contributed by atoms with Gasteiger partial charge in [-0.25, -0.2) is 0 Å². The molecule has 0 saturated carbocycles. The number of benzene rings is 2. The summed E-state index contributed by atoms with van der Waals surface area (Å²) in [7, 11) is 1.43. The van der Waals surface area contributed by atoms with Gasteiger partial charge < -0.3 is 14.8 Å². The summed E-state index contributed by atoms with van der Waals surface area (Å²) < 4.78 is 10.4. The number of hydrogen-bond acceptors (Lipinski definition) is 6. The van der Waals surface area contributed by atoms with Crippen molar-refractivity contribution in [2.45, 2.75) is 4.90 Å². The normalized spacial score (nSPS) is 10.1. The number of nitrogens with zero attached hydrogens (tertiary/aromatic N) is 1. The van der Waals surface area contributed by atoms with Crippen molar-refractivity contribution >= 4 is 23.4 Å². The molecule has 0 atom stereocenters. The lowest BCUT2D eigenvalue weighted by molar-refractivity contribution is -0.385. The highest BCUT2D eigenvalue weighted by atomic mass is 32.2. The van der Waals surface area contributed by atoms with Gasteiger partial charge in [-0.15, -0.1) is 11.8 Å². The van der Waals surface area contributed by atoms with Crippen LogP contribution in [0.4, 0.5) is 5.69 Å². The lowest BCUT2D eigenvalue weighted by atomic mass is 10.3. The van der Waals surface area contributed by atoms with Crippen LogP contribution < -0.4 is 14.8 Å². The molecule has 2 rings (SSSR count). The molecular formula is C17H18N2O5S. The highest BCUT2D eigenvalue weighted by Crippen LogP contribution is 2.30. The minimum Gasteiger partial charge on any atom is -0.493 e. The smallest absolute Gasteiger partial charge is 0.273 e. The molecule has 0 aromatic heterocycles. The van der Waals surface area contributed by atoms with Gasteiger partial charge in [0.1, 0.15) is 0 Å². The van der Waals surface area contributed by atoms with E-state index in [1.807, 2.05) is 30.3 Å². The zero-order valence-electron chi connectivity index (χ0n) is 13.6. The van der Waals surface area contributed by atoms with Crippen molar-refractivity contribution in [1.82, 2.24) is 5.32 Å². The van der Waals surface area contributed by atoms with Crippen molar-refractivity contribution in [3.05, 3.63) is 58.6 Å². The fraction of sp³-hybridized carbons (Fsp3) is 0.235. The summed E-state index contributed by atoms with van der Waals surface area (Å²) in [4.78, 5) is 23.2. The fourth-order valence-corrected chi connectivity index (χ4v) is 2.75. The number of methoxy groups -OCH3 is 1. The maximum atomic E-state index is 11.8. The van der Waals surface area contributed by atoms with Gasteiger partial charge in [0.2, 0.25) is 0 Å². The molecule has 0 fully saturated rings. The Kier molecular flexibility index (Phi) is 7.09. The van der Waals surface area contributed by atoms with Gasteiger partial charge in [-0.2, -0.15) is 0 Å². The second kappa shape index (κ2) is 9.53. The van der Waals surface area contributed by atoms with Crippen molar-refractivity contribution in [1.29, 1.82) is 0 Å². The maximum Gasteiger partial charge on any atom is 0.273 e. The number of nitrogens with one attached hydrogen (secondary N) is 1. The lowest BCUT2D eigenvalue weighted by Gasteiger charge is -2.10. The van der Waals surface area contributed by atoms with Crippen LogP contribution in [0.3, 0.4) is 0 Å². The van der Waals surface area contributed by atoms with E-state index in [1.54, 1.807) is 11.8 Å². The molecule has 0 saturated heterocycles. The first kappa shape index (κ1) is 18.6. The third-order valence-electron chi connectivity index (χ3n) is 3.15. The molecule has 0 spiro atoms. The van der Waals surface area contributed by atoms with E-state index in [1.165, 1.54) is 25.3 Å². The second-order valence-electron chi connectivity index (χ2n) is 4.89. The molecule has 1 N–H and O–H groups in total. The Morgan fingerprint density at radius 1 is 1.20 bits per heavy atom. The first-order valence-electron chi connectivity index (χ1n) is 7.50. The number of nitro groups is 1. The highest BCUT2D eigenvalue weighted by Gasteiger charge is 2.13. The number of thioether (sulfide) groups is 1. The lowest BCUT2D eigenvalue weighted by Crippen LogP contribution is -2.30. The SMILES string of the molecule is COc1ccc([N+](=O)[O-])cc1OCC(=O)NCCSc1ccccc1. The minimum absolute atomic E-state index is 0.129. The molecular weight excluding hydrogens is 344 g/mol. The first-order valence-corrected chi connectivity index (χ1v) is 8.48. The van der Waals surface area contributed by atoms with Crippen molar-refractivity contribution in [2.75, 3.05) is 26.0 Å². The zero-order chi connectivity index (χ0) is 18.1. The highest BCUT2D eigenvalue weighted by molar-refractivity contribution is 7.99. The van der Waals surface area contributed by atoms with Crippen LogP contribution >= 0.6 is 11.8 Å². The summed E-state index contributed by atoms with van der Waals surface area (Å²) in [5.74, 6) is 0.918. The predicted molar refractivity (Wildman–Crippen MR) is 95.3 cm³/mol. The summed E-state index contributed by atoms with van der Waals surface area (Å²) in [5.41, 5.74) is -0.129. The Morgan fingerprint density at radius 2 is 1.96 bits per heavy atom. The largest absolute Gasteiger partial charge is 0.493 e. The number of non-ortho nitro benzene ring substituents is 1. The Morgan fingerprint density at radius 3 is 2.64 bits per heavy atom. The van der Waals surface area contributed by atoms with Crippen LogP contribution in [-0.2, 0) is 4.79 Å². The van der Waals surface area contributed by atoms with Crippen LogP contribution in [0.1, 0.15) is 0 Å². The van der Waals surface area contributed by atoms with Gasteiger partial charge >= 0.3 is 0 Å². The molecule has 0 aliphatic heterocycles. The zero-order valence-corrected chi connectivity index (χ0v) is 14.5. The van der Waals surface area contributed by atoms with Gasteiger partial charge in [0.25, 0.3) is 11.6 Å². The molecule has 25 heavy (non-hydrogen) atoms. The minimum atomic E-state index is -0.535. The van der Waals surface area contributed by atoms with Crippen molar-refractivity contribution in [3.8, 4) is 11.5 Å². The van der Waals surface area contributed by atoms with E-state index < -0.39 is 4.92 Å². The number of nitro benzene ring substituents is 1. The molecule has 2 aromatic carbocycles. The van der Waals surface area contributed by atoms with E-state index in [9.17, 15) is 14.9 Å². The maximum absolute atomic E-state index is 11.8. The number of ether oxygens (including phenoxy) is 2. The van der Waals surface area contributed by atoms with Crippen LogP contribution in [0, 0.1) is 10.1 Å². The molecule has 0 aliphatic carbocycles. The predicted octanol–water partition coefficient (Wildman–Crippen LogP) is 2.89. The Hall–Kier alpha value is -2.74. The molecule has 2 aromatic rings. The topological polar surface area (TPSA) is 90.7 Å². The molecule has 1 amide bonds. The molecule has 7 nitrogen and oxygen atoms in total. The van der Waals surface area contributed by atoms with Crippen molar-refractivity contribution in [2.24, 2.45) is 0 Å². The number of hydrogen-bond donors (Lipinski definition) is 1. The number of carbonyl (C=O) groups is 1. The number of carbonyl (C=O) groups excluding carboxylic acids is 1. The van der Waals surface area contributed by atoms with Crippen molar-refractivity contribution in [3.63, 3.8) is 0 Å². The molecule has 0 heterocycles. The third-order valence-corrected chi connectivity index (χ3v) is 4.17. The number of amides is 1. The summed E-state index contributed by atoms with van der Waals surface area (Å²) in [6.07, 6.45) is 0. The molecule has 0 radical (unpaired) electrons. The average Bonchev–Trinajstić information content (AvgIpc) is 2.64. The van der Waals surface area contributed by atoms with Gasteiger partial charge in [0, 0.05) is 23.3 Å². The van der Waals surface area contributed by atoms with Crippen LogP contribution in [0.25, 0.3) is 0 Å². The van der Waals surface area contributed by atoms with Gasteiger partial charge in [0.05, 0.1) is 18.1 Å². The molecule has 0 unspecified atom stereocenters. The van der Waals surface area contributed by atoms with Crippen LogP contribution in [0.15, 0.2) is 53.4 Å². The van der Waals surface area contributed by atoms with Gasteiger partial charge in [-0.3, -0.25) is 14.9 Å². The Bertz CT molecular complexity index is 724. The molecule has 0 aliphatic rings. The molecule has 0 bridgehead atoms. The van der Waals surface area contributed by atoms with Gasteiger partial charge in [-0.1, -0.05) is 18.2 Å². The van der Waals surface area contributed by atoms with E-state index in [4.69, 9.17) is 9.47 Å². The summed E-state index contributed by atoms with van der Waals surface area (Å²) >= 11 is 1.64. The molecule has 8 heteroatoms. The van der Waals surface area contributed by atoms with Crippen molar-refractivity contribution < 1.29 is 19.2 Å². The van der Waals surface area contributed by atoms with Gasteiger partial charge in [-0.05, 0) is 18.2 Å².